The van der Waals surface area contributed by atoms with Crippen LogP contribution in [0.4, 0.5) is 4.79 Å². The first-order chi connectivity index (χ1) is 11.0. The number of urea groups is 1. The van der Waals surface area contributed by atoms with Crippen LogP contribution in [-0.4, -0.2) is 35.4 Å². The maximum absolute atomic E-state index is 11.8. The van der Waals surface area contributed by atoms with Crippen LogP contribution in [0.1, 0.15) is 26.7 Å². The number of carbonyl (C=O) groups excluding carboxylic acids is 1. The van der Waals surface area contributed by atoms with Gasteiger partial charge in [-0.3, -0.25) is 0 Å². The van der Waals surface area contributed by atoms with Crippen molar-refractivity contribution in [2.24, 2.45) is 5.41 Å². The van der Waals surface area contributed by atoms with Gasteiger partial charge in [0.05, 0.1) is 0 Å². The summed E-state index contributed by atoms with van der Waals surface area (Å²) < 4.78 is 2.21. The molecule has 1 aromatic heterocycles. The van der Waals surface area contributed by atoms with Crippen molar-refractivity contribution in [2.75, 3.05) is 19.7 Å². The van der Waals surface area contributed by atoms with Gasteiger partial charge < -0.3 is 20.3 Å². The second kappa shape index (κ2) is 8.02. The predicted octanol–water partition coefficient (Wildman–Crippen LogP) is 2.74. The molecule has 5 nitrogen and oxygen atoms in total. The maximum atomic E-state index is 11.8. The molecule has 0 aliphatic carbocycles. The van der Waals surface area contributed by atoms with Crippen LogP contribution in [0.2, 0.25) is 0 Å². The molecule has 2 rings (SSSR count). The Morgan fingerprint density at radius 3 is 2.78 bits per heavy atom. The molecule has 0 aliphatic heterocycles. The molecular weight excluding hydrogens is 290 g/mol. The summed E-state index contributed by atoms with van der Waals surface area (Å²) in [6.45, 7) is 6.27. The largest absolute Gasteiger partial charge is 0.396 e. The van der Waals surface area contributed by atoms with E-state index in [0.717, 1.165) is 13.0 Å². The van der Waals surface area contributed by atoms with Gasteiger partial charge in [-0.1, -0.05) is 32.0 Å². The van der Waals surface area contributed by atoms with Crippen LogP contribution in [0.25, 0.3) is 10.9 Å². The topological polar surface area (TPSA) is 66.3 Å². The van der Waals surface area contributed by atoms with E-state index < -0.39 is 0 Å². The SMILES string of the molecule is CC(C)(CCO)CNC(=O)NCCCn1ccc2ccccc21. The zero-order valence-electron chi connectivity index (χ0n) is 14.0. The Kier molecular flexibility index (Phi) is 6.04. The average Bonchev–Trinajstić information content (AvgIpc) is 2.93. The quantitative estimate of drug-likeness (QED) is 0.655. The summed E-state index contributed by atoms with van der Waals surface area (Å²) in [6, 6.07) is 10.3. The van der Waals surface area contributed by atoms with Crippen molar-refractivity contribution < 1.29 is 9.90 Å². The van der Waals surface area contributed by atoms with Crippen molar-refractivity contribution >= 4 is 16.9 Å². The normalized spacial score (nSPS) is 11.6. The lowest BCUT2D eigenvalue weighted by molar-refractivity contribution is 0.201. The molecule has 2 amide bonds. The number of aromatic nitrogens is 1. The highest BCUT2D eigenvalue weighted by Crippen LogP contribution is 2.17. The molecule has 126 valence electrons. The van der Waals surface area contributed by atoms with E-state index in [2.05, 4.69) is 39.6 Å². The number of benzene rings is 1. The molecular formula is C18H27N3O2. The van der Waals surface area contributed by atoms with Crippen LogP contribution in [0, 0.1) is 5.41 Å². The minimum atomic E-state index is -0.145. The van der Waals surface area contributed by atoms with E-state index in [9.17, 15) is 4.79 Å². The minimum Gasteiger partial charge on any atom is -0.396 e. The van der Waals surface area contributed by atoms with E-state index in [1.807, 2.05) is 26.0 Å². The van der Waals surface area contributed by atoms with Gasteiger partial charge in [-0.05, 0) is 35.8 Å². The van der Waals surface area contributed by atoms with Crippen LogP contribution in [0.15, 0.2) is 36.5 Å². The molecule has 1 aromatic carbocycles. The smallest absolute Gasteiger partial charge is 0.314 e. The fraction of sp³-hybridized carbons (Fsp3) is 0.500. The molecule has 0 spiro atoms. The molecule has 23 heavy (non-hydrogen) atoms. The van der Waals surface area contributed by atoms with E-state index in [1.165, 1.54) is 10.9 Å². The highest BCUT2D eigenvalue weighted by atomic mass is 16.3. The van der Waals surface area contributed by atoms with Gasteiger partial charge >= 0.3 is 6.03 Å². The minimum absolute atomic E-state index is 0.0872. The van der Waals surface area contributed by atoms with E-state index in [-0.39, 0.29) is 18.1 Å². The molecule has 0 saturated heterocycles. The fourth-order valence-corrected chi connectivity index (χ4v) is 2.56. The number of aliphatic hydroxyl groups excluding tert-OH is 1. The number of amides is 2. The van der Waals surface area contributed by atoms with Crippen molar-refractivity contribution in [2.45, 2.75) is 33.2 Å². The van der Waals surface area contributed by atoms with Crippen molar-refractivity contribution in [3.63, 3.8) is 0 Å². The molecule has 0 atom stereocenters. The molecule has 0 fully saturated rings. The highest BCUT2D eigenvalue weighted by molar-refractivity contribution is 5.79. The Morgan fingerprint density at radius 1 is 1.22 bits per heavy atom. The summed E-state index contributed by atoms with van der Waals surface area (Å²) in [4.78, 5) is 11.8. The van der Waals surface area contributed by atoms with E-state index >= 15 is 0 Å². The summed E-state index contributed by atoms with van der Waals surface area (Å²) in [5.74, 6) is 0. The first kappa shape index (κ1) is 17.3. The second-order valence-electron chi connectivity index (χ2n) is 6.67. The van der Waals surface area contributed by atoms with E-state index in [0.29, 0.717) is 19.5 Å². The zero-order chi connectivity index (χ0) is 16.7. The van der Waals surface area contributed by atoms with E-state index in [1.54, 1.807) is 0 Å². The third-order valence-corrected chi connectivity index (χ3v) is 4.06. The number of nitrogens with one attached hydrogen (secondary N) is 2. The lowest BCUT2D eigenvalue weighted by Crippen LogP contribution is -2.41. The summed E-state index contributed by atoms with van der Waals surface area (Å²) >= 11 is 0. The fourth-order valence-electron chi connectivity index (χ4n) is 2.56. The van der Waals surface area contributed by atoms with Gasteiger partial charge in [0.2, 0.25) is 0 Å². The van der Waals surface area contributed by atoms with Gasteiger partial charge in [-0.25, -0.2) is 4.79 Å². The maximum Gasteiger partial charge on any atom is 0.314 e. The average molecular weight is 317 g/mol. The Balaban J connectivity index is 1.68. The Morgan fingerprint density at radius 2 is 2.00 bits per heavy atom. The molecule has 2 aromatic rings. The number of fused-ring (bicyclic) bond motifs is 1. The molecule has 0 aliphatic rings. The molecule has 0 radical (unpaired) electrons. The van der Waals surface area contributed by atoms with Crippen LogP contribution in [0.3, 0.4) is 0 Å². The van der Waals surface area contributed by atoms with Gasteiger partial charge in [0.15, 0.2) is 0 Å². The van der Waals surface area contributed by atoms with E-state index in [4.69, 9.17) is 5.11 Å². The van der Waals surface area contributed by atoms with Crippen LogP contribution in [-0.2, 0) is 6.54 Å². The number of aliphatic hydroxyl groups is 1. The molecule has 5 heteroatoms. The number of hydrogen-bond donors (Lipinski definition) is 3. The summed E-state index contributed by atoms with van der Waals surface area (Å²) in [5, 5.41) is 16.0. The Bertz CT molecular complexity index is 634. The highest BCUT2D eigenvalue weighted by Gasteiger charge is 2.17. The predicted molar refractivity (Wildman–Crippen MR) is 93.4 cm³/mol. The van der Waals surface area contributed by atoms with Gasteiger partial charge in [0, 0.05) is 38.0 Å². The molecule has 3 N–H and O–H groups in total. The Hall–Kier alpha value is -2.01. The lowest BCUT2D eigenvalue weighted by atomic mass is 9.90. The number of aryl methyl sites for hydroxylation is 1. The third-order valence-electron chi connectivity index (χ3n) is 4.06. The first-order valence-corrected chi connectivity index (χ1v) is 8.18. The van der Waals surface area contributed by atoms with Crippen LogP contribution in [0.5, 0.6) is 0 Å². The summed E-state index contributed by atoms with van der Waals surface area (Å²) in [7, 11) is 0. The number of para-hydroxylation sites is 1. The monoisotopic (exact) mass is 317 g/mol. The van der Waals surface area contributed by atoms with Crippen molar-refractivity contribution in [1.82, 2.24) is 15.2 Å². The van der Waals surface area contributed by atoms with Crippen LogP contribution >= 0.6 is 0 Å². The van der Waals surface area contributed by atoms with Gasteiger partial charge in [-0.15, -0.1) is 0 Å². The van der Waals surface area contributed by atoms with Crippen molar-refractivity contribution in [3.05, 3.63) is 36.5 Å². The van der Waals surface area contributed by atoms with Gasteiger partial charge in [0.1, 0.15) is 0 Å². The molecule has 0 saturated carbocycles. The number of hydrogen-bond acceptors (Lipinski definition) is 2. The molecule has 0 bridgehead atoms. The van der Waals surface area contributed by atoms with Gasteiger partial charge in [-0.2, -0.15) is 0 Å². The molecule has 0 unspecified atom stereocenters. The number of carbonyl (C=O) groups is 1. The van der Waals surface area contributed by atoms with Gasteiger partial charge in [0.25, 0.3) is 0 Å². The summed E-state index contributed by atoms with van der Waals surface area (Å²) in [5.41, 5.74) is 1.14. The zero-order valence-corrected chi connectivity index (χ0v) is 14.0. The van der Waals surface area contributed by atoms with Crippen molar-refractivity contribution in [3.8, 4) is 0 Å². The summed E-state index contributed by atoms with van der Waals surface area (Å²) in [6.07, 6.45) is 3.64. The lowest BCUT2D eigenvalue weighted by Gasteiger charge is -2.23. The standard InChI is InChI=1S/C18H27N3O2/c1-18(2,9-13-22)14-20-17(23)19-10-5-11-21-12-8-15-6-3-4-7-16(15)21/h3-4,6-8,12,22H,5,9-11,13-14H2,1-2H3,(H2,19,20,23). The van der Waals surface area contributed by atoms with Crippen molar-refractivity contribution in [1.29, 1.82) is 0 Å². The third kappa shape index (κ3) is 5.28. The Labute approximate surface area is 137 Å². The molecule has 1 heterocycles. The second-order valence-corrected chi connectivity index (χ2v) is 6.67. The van der Waals surface area contributed by atoms with Crippen LogP contribution < -0.4 is 10.6 Å². The first-order valence-electron chi connectivity index (χ1n) is 8.18. The number of rotatable bonds is 8. The number of nitrogens with zero attached hydrogens (tertiary/aromatic N) is 1.